The molecule has 1 aromatic rings. The second kappa shape index (κ2) is 4.73. The van der Waals surface area contributed by atoms with Gasteiger partial charge in [0.05, 0.1) is 17.6 Å². The van der Waals surface area contributed by atoms with Crippen LogP contribution in [0, 0.1) is 6.92 Å². The van der Waals surface area contributed by atoms with Crippen molar-refractivity contribution < 1.29 is 13.5 Å². The Bertz CT molecular complexity index is 481. The Kier molecular flexibility index (Phi) is 3.98. The topological polar surface area (TPSA) is 72.2 Å². The number of nitrogens with zero attached hydrogens (tertiary/aromatic N) is 2. The van der Waals surface area contributed by atoms with Crippen LogP contribution in [-0.4, -0.2) is 41.4 Å². The fourth-order valence-corrected chi connectivity index (χ4v) is 2.62. The second-order valence-electron chi connectivity index (χ2n) is 3.93. The number of aromatic nitrogens is 2. The molecule has 0 spiro atoms. The molecule has 0 aliphatic carbocycles. The number of halogens is 1. The number of hydrogen-bond donors (Lipinski definition) is 1. The molecule has 0 radical (unpaired) electrons. The van der Waals surface area contributed by atoms with Gasteiger partial charge in [0.15, 0.2) is 0 Å². The van der Waals surface area contributed by atoms with Crippen LogP contribution in [-0.2, 0) is 23.3 Å². The third kappa shape index (κ3) is 3.47. The van der Waals surface area contributed by atoms with Gasteiger partial charge in [-0.25, -0.2) is 8.42 Å². The molecule has 0 aliphatic heterocycles. The lowest BCUT2D eigenvalue weighted by molar-refractivity contribution is 0.198. The Labute approximate surface area is 100.0 Å². The SMILES string of the molecule is Cc1nn(C)c(Cl)c1CC(O)CS(C)(=O)=O. The number of hydrogen-bond acceptors (Lipinski definition) is 4. The molecular weight excluding hydrogens is 252 g/mol. The Balaban J connectivity index is 2.81. The van der Waals surface area contributed by atoms with Crippen molar-refractivity contribution in [2.24, 2.45) is 7.05 Å². The molecule has 1 heterocycles. The molecule has 1 atom stereocenters. The molecule has 1 aromatic heterocycles. The van der Waals surface area contributed by atoms with Crippen LogP contribution >= 0.6 is 11.6 Å². The highest BCUT2D eigenvalue weighted by molar-refractivity contribution is 7.90. The first-order valence-corrected chi connectivity index (χ1v) is 7.18. The third-order valence-corrected chi connectivity index (χ3v) is 3.67. The minimum Gasteiger partial charge on any atom is -0.392 e. The van der Waals surface area contributed by atoms with Gasteiger partial charge in [-0.3, -0.25) is 4.68 Å². The van der Waals surface area contributed by atoms with Gasteiger partial charge in [0, 0.05) is 25.3 Å². The Morgan fingerprint density at radius 2 is 2.12 bits per heavy atom. The lowest BCUT2D eigenvalue weighted by Crippen LogP contribution is -2.22. The number of rotatable bonds is 4. The van der Waals surface area contributed by atoms with E-state index in [-0.39, 0.29) is 12.2 Å². The maximum atomic E-state index is 11.0. The Morgan fingerprint density at radius 1 is 1.56 bits per heavy atom. The quantitative estimate of drug-likeness (QED) is 0.853. The highest BCUT2D eigenvalue weighted by Gasteiger charge is 2.18. The summed E-state index contributed by atoms with van der Waals surface area (Å²) in [6.07, 6.45) is 0.342. The molecule has 0 fully saturated rings. The van der Waals surface area contributed by atoms with Crippen molar-refractivity contribution in [3.8, 4) is 0 Å². The summed E-state index contributed by atoms with van der Waals surface area (Å²) in [7, 11) is -1.49. The summed E-state index contributed by atoms with van der Waals surface area (Å²) < 4.78 is 23.5. The number of aliphatic hydroxyl groups is 1. The molecule has 0 saturated carbocycles. The highest BCUT2D eigenvalue weighted by Crippen LogP contribution is 2.20. The molecule has 1 rings (SSSR count). The van der Waals surface area contributed by atoms with Crippen molar-refractivity contribution >= 4 is 21.4 Å². The molecule has 0 amide bonds. The Hall–Kier alpha value is -0.590. The van der Waals surface area contributed by atoms with E-state index in [1.54, 1.807) is 14.0 Å². The van der Waals surface area contributed by atoms with E-state index in [9.17, 15) is 13.5 Å². The number of aryl methyl sites for hydroxylation is 2. The first-order valence-electron chi connectivity index (χ1n) is 4.74. The van der Waals surface area contributed by atoms with Gasteiger partial charge in [-0.1, -0.05) is 11.6 Å². The van der Waals surface area contributed by atoms with E-state index in [2.05, 4.69) is 5.10 Å². The summed E-state index contributed by atoms with van der Waals surface area (Å²) in [5.41, 5.74) is 1.40. The van der Waals surface area contributed by atoms with Crippen LogP contribution in [0.4, 0.5) is 0 Å². The lowest BCUT2D eigenvalue weighted by Gasteiger charge is -2.08. The lowest BCUT2D eigenvalue weighted by atomic mass is 10.1. The van der Waals surface area contributed by atoms with Crippen molar-refractivity contribution in [2.75, 3.05) is 12.0 Å². The summed E-state index contributed by atoms with van der Waals surface area (Å²) in [6, 6.07) is 0. The van der Waals surface area contributed by atoms with E-state index in [4.69, 9.17) is 11.6 Å². The van der Waals surface area contributed by atoms with Crippen LogP contribution in [0.15, 0.2) is 0 Å². The van der Waals surface area contributed by atoms with Gasteiger partial charge in [-0.15, -0.1) is 0 Å². The van der Waals surface area contributed by atoms with Crippen LogP contribution in [0.3, 0.4) is 0 Å². The standard InChI is InChI=1S/C9H15ClN2O3S/c1-6-8(9(10)12(2)11-6)4-7(13)5-16(3,14)15/h7,13H,4-5H2,1-3H3. The molecule has 7 heteroatoms. The van der Waals surface area contributed by atoms with Crippen molar-refractivity contribution in [3.63, 3.8) is 0 Å². The van der Waals surface area contributed by atoms with Crippen molar-refractivity contribution in [1.82, 2.24) is 9.78 Å². The van der Waals surface area contributed by atoms with E-state index in [1.165, 1.54) is 4.68 Å². The minimum atomic E-state index is -3.18. The van der Waals surface area contributed by atoms with E-state index in [1.807, 2.05) is 0 Å². The minimum absolute atomic E-state index is 0.200. The van der Waals surface area contributed by atoms with Crippen LogP contribution in [0.5, 0.6) is 0 Å². The maximum absolute atomic E-state index is 11.0. The zero-order valence-corrected chi connectivity index (χ0v) is 11.0. The van der Waals surface area contributed by atoms with Gasteiger partial charge >= 0.3 is 0 Å². The second-order valence-corrected chi connectivity index (χ2v) is 6.47. The Morgan fingerprint density at radius 3 is 2.50 bits per heavy atom. The van der Waals surface area contributed by atoms with Crippen LogP contribution in [0.2, 0.25) is 5.15 Å². The maximum Gasteiger partial charge on any atom is 0.150 e. The van der Waals surface area contributed by atoms with Gasteiger partial charge < -0.3 is 5.11 Å². The predicted molar refractivity (Wildman–Crippen MR) is 62.4 cm³/mol. The smallest absolute Gasteiger partial charge is 0.150 e. The molecule has 16 heavy (non-hydrogen) atoms. The monoisotopic (exact) mass is 266 g/mol. The van der Waals surface area contributed by atoms with Gasteiger partial charge in [0.25, 0.3) is 0 Å². The van der Waals surface area contributed by atoms with Crippen molar-refractivity contribution in [2.45, 2.75) is 19.4 Å². The fourth-order valence-electron chi connectivity index (χ4n) is 1.55. The van der Waals surface area contributed by atoms with Gasteiger partial charge in [-0.2, -0.15) is 5.10 Å². The van der Waals surface area contributed by atoms with E-state index in [0.29, 0.717) is 16.4 Å². The fraction of sp³-hybridized carbons (Fsp3) is 0.667. The summed E-state index contributed by atoms with van der Waals surface area (Å²) in [4.78, 5) is 0. The van der Waals surface area contributed by atoms with Gasteiger partial charge in [-0.05, 0) is 6.92 Å². The normalized spacial score (nSPS) is 14.1. The number of aliphatic hydroxyl groups excluding tert-OH is 1. The summed E-state index contributed by atoms with van der Waals surface area (Å²) >= 11 is 5.97. The zero-order valence-electron chi connectivity index (χ0n) is 9.44. The largest absolute Gasteiger partial charge is 0.392 e. The molecule has 0 saturated heterocycles. The molecule has 92 valence electrons. The number of sulfone groups is 1. The van der Waals surface area contributed by atoms with E-state index >= 15 is 0 Å². The molecule has 0 bridgehead atoms. The average molecular weight is 267 g/mol. The zero-order chi connectivity index (χ0) is 12.5. The summed E-state index contributed by atoms with van der Waals surface area (Å²) in [6.45, 7) is 1.77. The first kappa shape index (κ1) is 13.5. The van der Waals surface area contributed by atoms with Gasteiger partial charge in [0.2, 0.25) is 0 Å². The molecular formula is C9H15ClN2O3S. The predicted octanol–water partition coefficient (Wildman–Crippen LogP) is 0.330. The molecule has 1 unspecified atom stereocenters. The van der Waals surface area contributed by atoms with Crippen LogP contribution in [0.25, 0.3) is 0 Å². The van der Waals surface area contributed by atoms with E-state index < -0.39 is 15.9 Å². The molecule has 1 N–H and O–H groups in total. The average Bonchev–Trinajstić information content (AvgIpc) is 2.29. The van der Waals surface area contributed by atoms with Crippen molar-refractivity contribution in [3.05, 3.63) is 16.4 Å². The molecule has 0 aliphatic rings. The van der Waals surface area contributed by atoms with Crippen molar-refractivity contribution in [1.29, 1.82) is 0 Å². The molecule has 0 aromatic carbocycles. The third-order valence-electron chi connectivity index (χ3n) is 2.20. The van der Waals surface area contributed by atoms with Crippen LogP contribution in [0.1, 0.15) is 11.3 Å². The highest BCUT2D eigenvalue weighted by atomic mass is 35.5. The van der Waals surface area contributed by atoms with Crippen LogP contribution < -0.4 is 0 Å². The summed E-state index contributed by atoms with van der Waals surface area (Å²) in [5, 5.41) is 14.1. The van der Waals surface area contributed by atoms with Gasteiger partial charge in [0.1, 0.15) is 15.0 Å². The molecule has 5 nitrogen and oxygen atoms in total. The first-order chi connectivity index (χ1) is 7.20. The van der Waals surface area contributed by atoms with E-state index in [0.717, 1.165) is 6.26 Å². The summed E-state index contributed by atoms with van der Waals surface area (Å²) in [5.74, 6) is -0.266.